The van der Waals surface area contributed by atoms with Crippen LogP contribution in [-0.2, 0) is 14.0 Å². The highest BCUT2D eigenvalue weighted by Crippen LogP contribution is 2.27. The molecular formula is C36H45IN4O2. The lowest BCUT2D eigenvalue weighted by Crippen LogP contribution is -2.50. The Hall–Kier alpha value is -3.01. The fraction of sp³-hybridized carbons (Fsp3) is 0.389. The summed E-state index contributed by atoms with van der Waals surface area (Å²) in [7, 11) is 0. The fourth-order valence-electron chi connectivity index (χ4n) is 5.65. The molecule has 43 heavy (non-hydrogen) atoms. The highest BCUT2D eigenvalue weighted by molar-refractivity contribution is 14.1. The third-order valence-electron chi connectivity index (χ3n) is 8.31. The van der Waals surface area contributed by atoms with Crippen molar-refractivity contribution in [3.05, 3.63) is 113 Å². The molecule has 2 amide bonds. The molecule has 0 aromatic heterocycles. The summed E-state index contributed by atoms with van der Waals surface area (Å²) in [5, 5.41) is 6.71. The van der Waals surface area contributed by atoms with Gasteiger partial charge in [0, 0.05) is 48.6 Å². The smallest absolute Gasteiger partial charge is 0.244 e. The molecule has 2 N–H and O–H groups in total. The Bertz CT molecular complexity index is 1260. The maximum atomic E-state index is 14.1. The Labute approximate surface area is 271 Å². The summed E-state index contributed by atoms with van der Waals surface area (Å²) >= 11 is 2.34. The summed E-state index contributed by atoms with van der Waals surface area (Å²) in [5.74, 6) is 0.106. The first-order valence-corrected chi connectivity index (χ1v) is 17.0. The Kier molecular flexibility index (Phi) is 13.3. The van der Waals surface area contributed by atoms with Gasteiger partial charge in [0.25, 0.3) is 0 Å². The Morgan fingerprint density at radius 1 is 1.00 bits per heavy atom. The summed E-state index contributed by atoms with van der Waals surface area (Å²) in [6.07, 6.45) is 4.94. The van der Waals surface area contributed by atoms with Gasteiger partial charge in [-0.25, -0.2) is 0 Å². The molecule has 7 heteroatoms. The molecule has 1 fully saturated rings. The maximum absolute atomic E-state index is 14.1. The molecule has 1 heterocycles. The molecule has 2 atom stereocenters. The number of carbonyl (C=O) groups excluding carboxylic acids is 2. The zero-order valence-electron chi connectivity index (χ0n) is 25.4. The van der Waals surface area contributed by atoms with Gasteiger partial charge >= 0.3 is 0 Å². The molecule has 1 saturated heterocycles. The van der Waals surface area contributed by atoms with E-state index >= 15 is 0 Å². The number of amides is 2. The molecule has 0 radical (unpaired) electrons. The van der Waals surface area contributed by atoms with Crippen LogP contribution in [0.4, 0.5) is 0 Å². The molecule has 4 rings (SSSR count). The van der Waals surface area contributed by atoms with Crippen LogP contribution < -0.4 is 10.6 Å². The minimum Gasteiger partial charge on any atom is -0.351 e. The van der Waals surface area contributed by atoms with Crippen LogP contribution in [0.25, 0.3) is 6.08 Å². The van der Waals surface area contributed by atoms with Crippen LogP contribution in [0.3, 0.4) is 0 Å². The number of benzene rings is 3. The predicted molar refractivity (Wildman–Crippen MR) is 185 cm³/mol. The Balaban J connectivity index is 1.46. The third-order valence-corrected chi connectivity index (χ3v) is 9.19. The highest BCUT2D eigenvalue weighted by Gasteiger charge is 2.32. The van der Waals surface area contributed by atoms with Gasteiger partial charge in [-0.3, -0.25) is 9.59 Å². The monoisotopic (exact) mass is 692 g/mol. The molecule has 1 aliphatic heterocycles. The topological polar surface area (TPSA) is 64.7 Å². The number of hydrogen-bond donors (Lipinski definition) is 2. The van der Waals surface area contributed by atoms with Crippen LogP contribution in [0.1, 0.15) is 54.9 Å². The Morgan fingerprint density at radius 2 is 1.63 bits per heavy atom. The number of halogens is 1. The van der Waals surface area contributed by atoms with Crippen molar-refractivity contribution in [1.29, 1.82) is 0 Å². The zero-order valence-corrected chi connectivity index (χ0v) is 27.6. The summed E-state index contributed by atoms with van der Waals surface area (Å²) < 4.78 is 0.964. The van der Waals surface area contributed by atoms with Gasteiger partial charge in [0.15, 0.2) is 0 Å². The van der Waals surface area contributed by atoms with Crippen LogP contribution in [0, 0.1) is 0 Å². The molecule has 3 aromatic rings. The first-order chi connectivity index (χ1) is 21.0. The number of nitrogens with zero attached hydrogens (tertiary/aromatic N) is 2. The molecule has 0 saturated carbocycles. The average Bonchev–Trinajstić information content (AvgIpc) is 3.20. The predicted octanol–water partition coefficient (Wildman–Crippen LogP) is 5.87. The van der Waals surface area contributed by atoms with Crippen LogP contribution in [-0.4, -0.2) is 73.0 Å². The van der Waals surface area contributed by atoms with Crippen molar-refractivity contribution in [3.8, 4) is 0 Å². The number of carbonyl (C=O) groups is 2. The number of hydrogen-bond acceptors (Lipinski definition) is 4. The first-order valence-electron chi connectivity index (χ1n) is 15.5. The van der Waals surface area contributed by atoms with Crippen molar-refractivity contribution >= 4 is 40.5 Å². The molecule has 0 bridgehead atoms. The zero-order chi connectivity index (χ0) is 30.4. The van der Waals surface area contributed by atoms with Crippen LogP contribution in [0.5, 0.6) is 0 Å². The molecule has 228 valence electrons. The van der Waals surface area contributed by atoms with Crippen molar-refractivity contribution in [3.63, 3.8) is 0 Å². The van der Waals surface area contributed by atoms with E-state index in [0.717, 1.165) is 42.5 Å². The van der Waals surface area contributed by atoms with Gasteiger partial charge in [0.1, 0.15) is 0 Å². The maximum Gasteiger partial charge on any atom is 0.244 e. The molecule has 3 aromatic carbocycles. The summed E-state index contributed by atoms with van der Waals surface area (Å²) in [5.41, 5.74) is 4.68. The van der Waals surface area contributed by atoms with E-state index in [1.165, 1.54) is 16.7 Å². The van der Waals surface area contributed by atoms with Crippen LogP contribution in [0.15, 0.2) is 91.0 Å². The summed E-state index contributed by atoms with van der Waals surface area (Å²) in [6, 6.07) is 28.9. The second kappa shape index (κ2) is 17.3. The van der Waals surface area contributed by atoms with Crippen molar-refractivity contribution in [2.45, 2.75) is 49.1 Å². The number of nitrogens with one attached hydrogen (secondary N) is 2. The summed E-state index contributed by atoms with van der Waals surface area (Å²) in [6.45, 7) is 8.82. The van der Waals surface area contributed by atoms with E-state index in [0.29, 0.717) is 19.6 Å². The van der Waals surface area contributed by atoms with Gasteiger partial charge in [-0.2, -0.15) is 0 Å². The van der Waals surface area contributed by atoms with Gasteiger partial charge in [-0.15, -0.1) is 0 Å². The first kappa shape index (κ1) is 32.9. The molecular weight excluding hydrogens is 647 g/mol. The van der Waals surface area contributed by atoms with Crippen LogP contribution in [0.2, 0.25) is 0 Å². The minimum absolute atomic E-state index is 0.00263. The van der Waals surface area contributed by atoms with E-state index in [4.69, 9.17) is 0 Å². The molecule has 6 nitrogen and oxygen atoms in total. The largest absolute Gasteiger partial charge is 0.351 e. The fourth-order valence-corrected chi connectivity index (χ4v) is 6.16. The molecule has 0 unspecified atom stereocenters. The van der Waals surface area contributed by atoms with Gasteiger partial charge in [0.2, 0.25) is 11.8 Å². The van der Waals surface area contributed by atoms with E-state index < -0.39 is 0 Å². The van der Waals surface area contributed by atoms with Gasteiger partial charge < -0.3 is 20.4 Å². The molecule has 1 aliphatic rings. The van der Waals surface area contributed by atoms with E-state index in [1.807, 2.05) is 35.2 Å². The second-order valence-electron chi connectivity index (χ2n) is 11.1. The highest BCUT2D eigenvalue weighted by atomic mass is 127. The lowest BCUT2D eigenvalue weighted by molar-refractivity contribution is -0.133. The van der Waals surface area contributed by atoms with E-state index in [2.05, 4.69) is 113 Å². The second-order valence-corrected chi connectivity index (χ2v) is 11.9. The Morgan fingerprint density at radius 3 is 2.21 bits per heavy atom. The summed E-state index contributed by atoms with van der Waals surface area (Å²) in [4.78, 5) is 31.2. The van der Waals surface area contributed by atoms with E-state index in [9.17, 15) is 9.59 Å². The standard InChI is InChI=1S/C36H45IN4O2/c1-3-40(4-2)23-22-34-36(43)41(27-33(30-11-7-5-8-12-30)31-13-9-6-10-14-31)24-21-32(39-34)26-38-35(42)20-19-28-15-17-29(25-37)18-16-28/h5-20,32-34,39H,3-4,21-27H2,1-2H3,(H,38,42)/b20-19+/t32-,34-/m0/s1. The molecule has 0 aliphatic carbocycles. The van der Waals surface area contributed by atoms with Crippen molar-refractivity contribution < 1.29 is 9.59 Å². The minimum atomic E-state index is -0.302. The van der Waals surface area contributed by atoms with Crippen molar-refractivity contribution in [1.82, 2.24) is 20.4 Å². The number of rotatable bonds is 14. The third kappa shape index (κ3) is 10.0. The van der Waals surface area contributed by atoms with Crippen molar-refractivity contribution in [2.24, 2.45) is 0 Å². The molecule has 0 spiro atoms. The average molecular weight is 693 g/mol. The van der Waals surface area contributed by atoms with E-state index in [1.54, 1.807) is 6.08 Å². The van der Waals surface area contributed by atoms with E-state index in [-0.39, 0.29) is 29.8 Å². The normalized spacial score (nSPS) is 17.5. The van der Waals surface area contributed by atoms with Gasteiger partial charge in [-0.05, 0) is 54.3 Å². The van der Waals surface area contributed by atoms with Gasteiger partial charge in [-0.1, -0.05) is 121 Å². The lowest BCUT2D eigenvalue weighted by Gasteiger charge is -2.30. The lowest BCUT2D eigenvalue weighted by atomic mass is 9.90. The van der Waals surface area contributed by atoms with Gasteiger partial charge in [0.05, 0.1) is 6.04 Å². The quantitative estimate of drug-likeness (QED) is 0.126. The van der Waals surface area contributed by atoms with Crippen LogP contribution >= 0.6 is 22.6 Å². The number of alkyl halides is 1. The van der Waals surface area contributed by atoms with Crippen molar-refractivity contribution in [2.75, 3.05) is 39.3 Å². The SMILES string of the molecule is CCN(CC)CC[C@@H]1N[C@H](CNC(=O)/C=C/c2ccc(CI)cc2)CCN(CC(c2ccccc2)c2ccccc2)C1=O.